The molecule has 4 atom stereocenters. The van der Waals surface area contributed by atoms with Gasteiger partial charge in [0.25, 0.3) is 0 Å². The van der Waals surface area contributed by atoms with E-state index in [0.29, 0.717) is 0 Å². The van der Waals surface area contributed by atoms with Crippen LogP contribution in [0.15, 0.2) is 0 Å². The van der Waals surface area contributed by atoms with Crippen molar-refractivity contribution in [3.63, 3.8) is 0 Å². The number of carbonyl (C=O) groups excluding carboxylic acids is 1. The van der Waals surface area contributed by atoms with E-state index in [0.717, 1.165) is 0 Å². The van der Waals surface area contributed by atoms with Gasteiger partial charge in [0, 0.05) is 18.2 Å². The van der Waals surface area contributed by atoms with Crippen molar-refractivity contribution >= 4 is 11.9 Å². The van der Waals surface area contributed by atoms with E-state index in [4.69, 9.17) is 19.3 Å². The van der Waals surface area contributed by atoms with Crippen LogP contribution in [0.25, 0.3) is 0 Å². The van der Waals surface area contributed by atoms with Gasteiger partial charge in [0.2, 0.25) is 0 Å². The number of hydrogen-bond acceptors (Lipinski definition) is 7. The Balaban J connectivity index is 0.000000479. The molecule has 1 saturated heterocycles. The molecule has 8 nitrogen and oxygen atoms in total. The molecule has 2 unspecified atom stereocenters. The van der Waals surface area contributed by atoms with Crippen molar-refractivity contribution in [1.82, 2.24) is 4.90 Å². The van der Waals surface area contributed by atoms with Crippen LogP contribution in [0.3, 0.4) is 0 Å². The van der Waals surface area contributed by atoms with Gasteiger partial charge in [-0.2, -0.15) is 0 Å². The van der Waals surface area contributed by atoms with Crippen molar-refractivity contribution in [2.24, 2.45) is 0 Å². The maximum atomic E-state index is 14.1. The minimum Gasteiger partial charge on any atom is -0.480 e. The summed E-state index contributed by atoms with van der Waals surface area (Å²) < 4.78 is 75.2. The number of methoxy groups -OCH3 is 1. The standard InChI is InChI=1S/C15H12F4O7.C6H15N/c1-23-14-12-6-7(9(17)11(19)10(18)8(6)16)13(26-12)15(14)25-5(22)3-24-2-4(20)21;1-4-7(5-2)6-3/h12-15H,2-3H2,1H3,(H,20,21);4-6H2,1-3H3/t12-,13?,14+,15?;/m0./s1. The second-order valence-electron chi connectivity index (χ2n) is 7.22. The van der Waals surface area contributed by atoms with Crippen molar-refractivity contribution in [3.8, 4) is 0 Å². The van der Waals surface area contributed by atoms with E-state index in [-0.39, 0.29) is 0 Å². The Morgan fingerprint density at radius 2 is 1.36 bits per heavy atom. The van der Waals surface area contributed by atoms with Crippen LogP contribution in [0.4, 0.5) is 17.6 Å². The highest BCUT2D eigenvalue weighted by molar-refractivity contribution is 5.72. The lowest BCUT2D eigenvalue weighted by Crippen LogP contribution is -2.39. The van der Waals surface area contributed by atoms with Crippen molar-refractivity contribution in [1.29, 1.82) is 0 Å². The molecule has 1 N–H and O–H groups in total. The van der Waals surface area contributed by atoms with Crippen molar-refractivity contribution in [2.45, 2.75) is 45.2 Å². The van der Waals surface area contributed by atoms with E-state index >= 15 is 0 Å². The van der Waals surface area contributed by atoms with E-state index < -0.39 is 84.0 Å². The smallest absolute Gasteiger partial charge is 0.332 e. The van der Waals surface area contributed by atoms with Gasteiger partial charge >= 0.3 is 11.9 Å². The first-order valence-corrected chi connectivity index (χ1v) is 10.4. The average molecular weight is 481 g/mol. The van der Waals surface area contributed by atoms with E-state index in [2.05, 4.69) is 30.4 Å². The van der Waals surface area contributed by atoms with Crippen LogP contribution in [0.1, 0.15) is 44.1 Å². The fraction of sp³-hybridized carbons (Fsp3) is 0.619. The molecule has 0 amide bonds. The summed E-state index contributed by atoms with van der Waals surface area (Å²) in [4.78, 5) is 24.5. The molecule has 1 aromatic carbocycles. The van der Waals surface area contributed by atoms with Gasteiger partial charge in [-0.25, -0.2) is 27.2 Å². The summed E-state index contributed by atoms with van der Waals surface area (Å²) in [6.45, 7) is 8.65. The minimum absolute atomic E-state index is 0.521. The fourth-order valence-corrected chi connectivity index (χ4v) is 3.81. The molecule has 2 bridgehead atoms. The third kappa shape index (κ3) is 5.62. The monoisotopic (exact) mass is 481 g/mol. The SMILES string of the molecule is CCN(CC)CC.CO[C@H]1C(OC(=O)COCC(=O)O)C2O[C@H]1c1c(F)c(F)c(F)c(F)c12. The number of hydrogen-bond donors (Lipinski definition) is 1. The highest BCUT2D eigenvalue weighted by Gasteiger charge is 2.58. The summed E-state index contributed by atoms with van der Waals surface area (Å²) in [5, 5.41) is 8.43. The van der Waals surface area contributed by atoms with Crippen LogP contribution < -0.4 is 0 Å². The van der Waals surface area contributed by atoms with Crippen molar-refractivity contribution in [3.05, 3.63) is 34.4 Å². The normalized spacial score (nSPS) is 22.7. The molecule has 3 rings (SSSR count). The molecule has 12 heteroatoms. The maximum absolute atomic E-state index is 14.1. The molecule has 33 heavy (non-hydrogen) atoms. The number of benzene rings is 1. The third-order valence-corrected chi connectivity index (χ3v) is 5.45. The van der Waals surface area contributed by atoms with Gasteiger partial charge in [-0.3, -0.25) is 0 Å². The summed E-state index contributed by atoms with van der Waals surface area (Å²) in [5.74, 6) is -9.52. The molecule has 0 radical (unpaired) electrons. The maximum Gasteiger partial charge on any atom is 0.332 e. The number of carbonyl (C=O) groups is 2. The Bertz CT molecular complexity index is 860. The second kappa shape index (κ2) is 11.7. The van der Waals surface area contributed by atoms with E-state index in [9.17, 15) is 27.2 Å². The number of halogens is 4. The lowest BCUT2D eigenvalue weighted by molar-refractivity contribution is -0.164. The number of ether oxygens (including phenoxy) is 4. The van der Waals surface area contributed by atoms with E-state index in [1.165, 1.54) is 26.7 Å². The predicted molar refractivity (Wildman–Crippen MR) is 105 cm³/mol. The van der Waals surface area contributed by atoms with E-state index in [1.54, 1.807) is 0 Å². The number of carboxylic acids is 1. The molecule has 1 aromatic rings. The van der Waals surface area contributed by atoms with Crippen molar-refractivity contribution in [2.75, 3.05) is 40.0 Å². The first-order valence-electron chi connectivity index (χ1n) is 10.4. The van der Waals surface area contributed by atoms with Gasteiger partial charge in [0.05, 0.1) is 0 Å². The first kappa shape index (κ1) is 27.0. The number of carboxylic acid groups (broad SMARTS) is 1. The Morgan fingerprint density at radius 1 is 0.879 bits per heavy atom. The molecular formula is C21H27F4NO7. The van der Waals surface area contributed by atoms with Crippen LogP contribution in [0.5, 0.6) is 0 Å². The Labute approximate surface area is 188 Å². The van der Waals surface area contributed by atoms with Crippen LogP contribution >= 0.6 is 0 Å². The number of nitrogens with zero attached hydrogens (tertiary/aromatic N) is 1. The van der Waals surface area contributed by atoms with Gasteiger partial charge in [0.15, 0.2) is 29.4 Å². The highest BCUT2D eigenvalue weighted by Crippen LogP contribution is 2.55. The third-order valence-electron chi connectivity index (χ3n) is 5.45. The summed E-state index contributed by atoms with van der Waals surface area (Å²) in [6.07, 6.45) is -5.10. The number of esters is 1. The Hall–Kier alpha value is -2.28. The molecule has 0 spiro atoms. The summed E-state index contributed by atoms with van der Waals surface area (Å²) in [5.41, 5.74) is -1.10. The zero-order chi connectivity index (χ0) is 24.9. The molecule has 2 aliphatic rings. The molecule has 186 valence electrons. The number of rotatable bonds is 9. The topological polar surface area (TPSA) is 94.5 Å². The largest absolute Gasteiger partial charge is 0.480 e. The van der Waals surface area contributed by atoms with Gasteiger partial charge in [-0.05, 0) is 19.6 Å². The molecule has 1 fully saturated rings. The van der Waals surface area contributed by atoms with E-state index in [1.807, 2.05) is 0 Å². The van der Waals surface area contributed by atoms with Gasteiger partial charge < -0.3 is 29.0 Å². The summed E-state index contributed by atoms with van der Waals surface area (Å²) >= 11 is 0. The summed E-state index contributed by atoms with van der Waals surface area (Å²) in [6, 6.07) is 0. The Morgan fingerprint density at radius 3 is 1.76 bits per heavy atom. The predicted octanol–water partition coefficient (Wildman–Crippen LogP) is 2.75. The quantitative estimate of drug-likeness (QED) is 0.249. The minimum atomic E-state index is -2.00. The zero-order valence-electron chi connectivity index (χ0n) is 18.7. The zero-order valence-corrected chi connectivity index (χ0v) is 18.7. The lowest BCUT2D eigenvalue weighted by atomic mass is 9.86. The fourth-order valence-electron chi connectivity index (χ4n) is 3.81. The summed E-state index contributed by atoms with van der Waals surface area (Å²) in [7, 11) is 1.18. The molecule has 0 aliphatic carbocycles. The lowest BCUT2D eigenvalue weighted by Gasteiger charge is -2.28. The van der Waals surface area contributed by atoms with Crippen molar-refractivity contribution < 1.29 is 51.2 Å². The molecule has 2 aliphatic heterocycles. The van der Waals surface area contributed by atoms with Crippen LogP contribution in [0, 0.1) is 23.3 Å². The molecule has 0 aromatic heterocycles. The highest BCUT2D eigenvalue weighted by atomic mass is 19.2. The van der Waals surface area contributed by atoms with Crippen LogP contribution in [0.2, 0.25) is 0 Å². The van der Waals surface area contributed by atoms with Crippen LogP contribution in [-0.4, -0.2) is 74.1 Å². The first-order chi connectivity index (χ1) is 15.6. The van der Waals surface area contributed by atoms with Gasteiger partial charge in [-0.15, -0.1) is 0 Å². The number of fused-ring (bicyclic) bond motifs is 5. The molecule has 0 saturated carbocycles. The molecular weight excluding hydrogens is 454 g/mol. The van der Waals surface area contributed by atoms with Gasteiger partial charge in [-0.1, -0.05) is 20.8 Å². The number of aliphatic carboxylic acids is 1. The molecule has 2 heterocycles. The Kier molecular flexibility index (Phi) is 9.58. The van der Waals surface area contributed by atoms with Crippen LogP contribution in [-0.2, 0) is 28.5 Å². The van der Waals surface area contributed by atoms with Gasteiger partial charge in [0.1, 0.15) is 31.5 Å². The second-order valence-corrected chi connectivity index (χ2v) is 7.22. The average Bonchev–Trinajstić information content (AvgIpc) is 3.33.